The van der Waals surface area contributed by atoms with Crippen molar-refractivity contribution in [2.24, 2.45) is 0 Å². The SMILES string of the molecule is Cc1ccccc1NC(=O)C(C#N)=Cc1ccc(OC(=O)c2ccc(Cl)cc2)cc1. The molecule has 1 N–H and O–H groups in total. The van der Waals surface area contributed by atoms with Gasteiger partial charge in [-0.2, -0.15) is 5.26 Å². The maximum atomic E-state index is 12.4. The van der Waals surface area contributed by atoms with Gasteiger partial charge in [0, 0.05) is 10.7 Å². The topological polar surface area (TPSA) is 79.2 Å². The third-order valence-electron chi connectivity index (χ3n) is 4.24. The number of esters is 1. The van der Waals surface area contributed by atoms with Crippen LogP contribution in [0.15, 0.2) is 78.4 Å². The number of aryl methyl sites for hydroxylation is 1. The Morgan fingerprint density at radius 3 is 2.30 bits per heavy atom. The van der Waals surface area contributed by atoms with E-state index in [1.165, 1.54) is 6.08 Å². The molecule has 0 fully saturated rings. The van der Waals surface area contributed by atoms with E-state index >= 15 is 0 Å². The lowest BCUT2D eigenvalue weighted by Crippen LogP contribution is -2.14. The summed E-state index contributed by atoms with van der Waals surface area (Å²) in [5, 5.41) is 12.6. The summed E-state index contributed by atoms with van der Waals surface area (Å²) in [5.74, 6) is -0.662. The number of nitrogens with zero attached hydrogens (tertiary/aromatic N) is 1. The number of amides is 1. The number of hydrogen-bond acceptors (Lipinski definition) is 4. The average Bonchev–Trinajstić information content (AvgIpc) is 2.75. The van der Waals surface area contributed by atoms with E-state index in [0.717, 1.165) is 5.56 Å². The lowest BCUT2D eigenvalue weighted by Gasteiger charge is -2.07. The van der Waals surface area contributed by atoms with E-state index in [9.17, 15) is 14.9 Å². The molecule has 0 aliphatic heterocycles. The summed E-state index contributed by atoms with van der Waals surface area (Å²) in [7, 11) is 0. The summed E-state index contributed by atoms with van der Waals surface area (Å²) >= 11 is 5.81. The molecule has 0 aliphatic carbocycles. The minimum Gasteiger partial charge on any atom is -0.423 e. The molecule has 0 unspecified atom stereocenters. The molecular weight excluding hydrogens is 400 g/mol. The summed E-state index contributed by atoms with van der Waals surface area (Å²) < 4.78 is 5.32. The van der Waals surface area contributed by atoms with Crippen molar-refractivity contribution in [3.63, 3.8) is 0 Å². The molecule has 3 rings (SSSR count). The zero-order valence-electron chi connectivity index (χ0n) is 16.1. The van der Waals surface area contributed by atoms with Gasteiger partial charge >= 0.3 is 5.97 Å². The number of halogens is 1. The number of ether oxygens (including phenoxy) is 1. The van der Waals surface area contributed by atoms with Crippen LogP contribution < -0.4 is 10.1 Å². The molecule has 0 saturated heterocycles. The number of para-hydroxylation sites is 1. The smallest absolute Gasteiger partial charge is 0.343 e. The largest absolute Gasteiger partial charge is 0.423 e. The van der Waals surface area contributed by atoms with Gasteiger partial charge < -0.3 is 10.1 Å². The lowest BCUT2D eigenvalue weighted by molar-refractivity contribution is -0.112. The monoisotopic (exact) mass is 416 g/mol. The first kappa shape index (κ1) is 20.8. The zero-order valence-corrected chi connectivity index (χ0v) is 16.8. The molecule has 0 bridgehead atoms. The summed E-state index contributed by atoms with van der Waals surface area (Å²) in [5.41, 5.74) is 2.51. The molecule has 0 aromatic heterocycles. The molecule has 6 heteroatoms. The number of carbonyl (C=O) groups excluding carboxylic acids is 2. The summed E-state index contributed by atoms with van der Waals surface area (Å²) in [4.78, 5) is 24.6. The molecule has 3 aromatic rings. The molecule has 5 nitrogen and oxygen atoms in total. The average molecular weight is 417 g/mol. The van der Waals surface area contributed by atoms with Crippen molar-refractivity contribution in [1.82, 2.24) is 0 Å². The van der Waals surface area contributed by atoms with Crippen molar-refractivity contribution < 1.29 is 14.3 Å². The van der Waals surface area contributed by atoms with Gasteiger partial charge in [0.05, 0.1) is 5.56 Å². The fourth-order valence-corrected chi connectivity index (χ4v) is 2.73. The van der Waals surface area contributed by atoms with Crippen LogP contribution in [-0.4, -0.2) is 11.9 Å². The highest BCUT2D eigenvalue weighted by atomic mass is 35.5. The van der Waals surface area contributed by atoms with Gasteiger partial charge in [-0.05, 0) is 66.6 Å². The van der Waals surface area contributed by atoms with Crippen LogP contribution in [-0.2, 0) is 4.79 Å². The predicted molar refractivity (Wildman–Crippen MR) is 116 cm³/mol. The molecule has 0 radical (unpaired) electrons. The Morgan fingerprint density at radius 2 is 1.67 bits per heavy atom. The van der Waals surface area contributed by atoms with Gasteiger partial charge in [-0.25, -0.2) is 4.79 Å². The van der Waals surface area contributed by atoms with Crippen molar-refractivity contribution in [1.29, 1.82) is 5.26 Å². The molecule has 30 heavy (non-hydrogen) atoms. The number of benzene rings is 3. The second-order valence-corrected chi connectivity index (χ2v) is 6.84. The predicted octanol–water partition coefficient (Wildman–Crippen LogP) is 5.41. The Morgan fingerprint density at radius 1 is 1.00 bits per heavy atom. The Hall–Kier alpha value is -3.88. The second kappa shape index (κ2) is 9.55. The van der Waals surface area contributed by atoms with Crippen LogP contribution >= 0.6 is 11.6 Å². The molecule has 1 amide bonds. The van der Waals surface area contributed by atoms with Crippen molar-refractivity contribution in [3.05, 3.63) is 100 Å². The summed E-state index contributed by atoms with van der Waals surface area (Å²) in [6.45, 7) is 1.87. The lowest BCUT2D eigenvalue weighted by atomic mass is 10.1. The summed E-state index contributed by atoms with van der Waals surface area (Å²) in [6, 6.07) is 22.1. The molecule has 3 aromatic carbocycles. The normalized spacial score (nSPS) is 10.8. The van der Waals surface area contributed by atoms with Crippen molar-refractivity contribution >= 4 is 35.2 Å². The van der Waals surface area contributed by atoms with E-state index in [-0.39, 0.29) is 5.57 Å². The molecule has 0 saturated carbocycles. The molecule has 0 spiro atoms. The Labute approximate surface area is 179 Å². The van der Waals surface area contributed by atoms with E-state index in [1.807, 2.05) is 31.2 Å². The number of anilines is 1. The van der Waals surface area contributed by atoms with Crippen LogP contribution in [0.2, 0.25) is 5.02 Å². The van der Waals surface area contributed by atoms with Crippen LogP contribution in [0.1, 0.15) is 21.5 Å². The van der Waals surface area contributed by atoms with Crippen molar-refractivity contribution in [3.8, 4) is 11.8 Å². The van der Waals surface area contributed by atoms with Gasteiger partial charge in [0.1, 0.15) is 17.4 Å². The van der Waals surface area contributed by atoms with Gasteiger partial charge in [-0.1, -0.05) is 41.9 Å². The number of hydrogen-bond donors (Lipinski definition) is 1. The molecule has 0 aliphatic rings. The van der Waals surface area contributed by atoms with E-state index in [2.05, 4.69) is 5.32 Å². The first-order valence-electron chi connectivity index (χ1n) is 9.03. The highest BCUT2D eigenvalue weighted by molar-refractivity contribution is 6.30. The number of nitriles is 1. The highest BCUT2D eigenvalue weighted by Gasteiger charge is 2.11. The zero-order chi connectivity index (χ0) is 21.5. The Kier molecular flexibility index (Phi) is 6.63. The maximum Gasteiger partial charge on any atom is 0.343 e. The second-order valence-electron chi connectivity index (χ2n) is 6.40. The third kappa shape index (κ3) is 5.34. The van der Waals surface area contributed by atoms with Gasteiger partial charge in [0.2, 0.25) is 0 Å². The quantitative estimate of drug-likeness (QED) is 0.261. The minimum atomic E-state index is -0.509. The van der Waals surface area contributed by atoms with E-state index < -0.39 is 11.9 Å². The van der Waals surface area contributed by atoms with Crippen LogP contribution in [0.25, 0.3) is 6.08 Å². The van der Waals surface area contributed by atoms with Gasteiger partial charge in [-0.15, -0.1) is 0 Å². The van der Waals surface area contributed by atoms with Crippen LogP contribution in [0.3, 0.4) is 0 Å². The third-order valence-corrected chi connectivity index (χ3v) is 4.49. The minimum absolute atomic E-state index is 0.0378. The molecule has 0 heterocycles. The van der Waals surface area contributed by atoms with Crippen molar-refractivity contribution in [2.75, 3.05) is 5.32 Å². The van der Waals surface area contributed by atoms with Crippen LogP contribution in [0.5, 0.6) is 5.75 Å². The number of rotatable bonds is 5. The van der Waals surface area contributed by atoms with Gasteiger partial charge in [-0.3, -0.25) is 4.79 Å². The van der Waals surface area contributed by atoms with Crippen LogP contribution in [0, 0.1) is 18.3 Å². The first-order valence-corrected chi connectivity index (χ1v) is 9.40. The first-order chi connectivity index (χ1) is 14.5. The molecule has 0 atom stereocenters. The van der Waals surface area contributed by atoms with E-state index in [4.69, 9.17) is 16.3 Å². The van der Waals surface area contributed by atoms with E-state index in [1.54, 1.807) is 54.6 Å². The maximum absolute atomic E-state index is 12.4. The standard InChI is InChI=1S/C24H17ClN2O3/c1-16-4-2-3-5-22(16)27-23(28)19(15-26)14-17-6-12-21(13-7-17)30-24(29)18-8-10-20(25)11-9-18/h2-14H,1H3,(H,27,28). The fourth-order valence-electron chi connectivity index (χ4n) is 2.60. The summed E-state index contributed by atoms with van der Waals surface area (Å²) in [6.07, 6.45) is 1.47. The van der Waals surface area contributed by atoms with Crippen molar-refractivity contribution in [2.45, 2.75) is 6.92 Å². The number of carbonyl (C=O) groups is 2. The van der Waals surface area contributed by atoms with Gasteiger partial charge in [0.15, 0.2) is 0 Å². The highest BCUT2D eigenvalue weighted by Crippen LogP contribution is 2.19. The molecular formula is C24H17ClN2O3. The van der Waals surface area contributed by atoms with E-state index in [0.29, 0.717) is 27.6 Å². The Bertz CT molecular complexity index is 1140. The number of nitrogens with one attached hydrogen (secondary N) is 1. The molecule has 148 valence electrons. The fraction of sp³-hybridized carbons (Fsp3) is 0.0417. The van der Waals surface area contributed by atoms with Gasteiger partial charge in [0.25, 0.3) is 5.91 Å². The van der Waals surface area contributed by atoms with Crippen LogP contribution in [0.4, 0.5) is 5.69 Å². The Balaban J connectivity index is 1.69.